The summed E-state index contributed by atoms with van der Waals surface area (Å²) in [5.41, 5.74) is 0.102. The van der Waals surface area contributed by atoms with Crippen molar-refractivity contribution < 1.29 is 9.90 Å². The van der Waals surface area contributed by atoms with Gasteiger partial charge >= 0.3 is 0 Å². The SMILES string of the molecule is O=C(NCc1cccc(Br)c1)c1c(O)c2cccnc2[nH]c1=O. The van der Waals surface area contributed by atoms with E-state index in [1.165, 1.54) is 6.20 Å². The molecule has 0 radical (unpaired) electrons. The van der Waals surface area contributed by atoms with Crippen molar-refractivity contribution in [1.82, 2.24) is 15.3 Å². The molecule has 0 atom stereocenters. The van der Waals surface area contributed by atoms with Crippen LogP contribution in [-0.4, -0.2) is 21.0 Å². The number of pyridine rings is 2. The van der Waals surface area contributed by atoms with Crippen LogP contribution < -0.4 is 10.9 Å². The molecule has 0 spiro atoms. The van der Waals surface area contributed by atoms with Crippen LogP contribution in [0.25, 0.3) is 11.0 Å². The molecule has 116 valence electrons. The average molecular weight is 374 g/mol. The number of nitrogens with zero attached hydrogens (tertiary/aromatic N) is 1. The molecule has 1 amide bonds. The van der Waals surface area contributed by atoms with Crippen LogP contribution in [0.3, 0.4) is 0 Å². The van der Waals surface area contributed by atoms with Gasteiger partial charge in [-0.15, -0.1) is 0 Å². The summed E-state index contributed by atoms with van der Waals surface area (Å²) in [6.07, 6.45) is 1.49. The van der Waals surface area contributed by atoms with Crippen LogP contribution in [0.5, 0.6) is 5.75 Å². The molecule has 2 aromatic heterocycles. The van der Waals surface area contributed by atoms with Crippen molar-refractivity contribution in [3.05, 3.63) is 68.5 Å². The first-order valence-corrected chi connectivity index (χ1v) is 7.58. The molecule has 3 rings (SSSR count). The van der Waals surface area contributed by atoms with Crippen LogP contribution in [-0.2, 0) is 6.54 Å². The van der Waals surface area contributed by atoms with Crippen LogP contribution in [0, 0.1) is 0 Å². The zero-order chi connectivity index (χ0) is 16.4. The van der Waals surface area contributed by atoms with E-state index >= 15 is 0 Å². The summed E-state index contributed by atoms with van der Waals surface area (Å²) in [5.74, 6) is -1.02. The molecule has 3 N–H and O–H groups in total. The maximum Gasteiger partial charge on any atom is 0.266 e. The highest BCUT2D eigenvalue weighted by Crippen LogP contribution is 2.23. The van der Waals surface area contributed by atoms with Gasteiger partial charge in [-0.05, 0) is 29.8 Å². The van der Waals surface area contributed by atoms with E-state index < -0.39 is 11.5 Å². The number of nitrogens with one attached hydrogen (secondary N) is 2. The number of hydrogen-bond acceptors (Lipinski definition) is 4. The lowest BCUT2D eigenvalue weighted by Crippen LogP contribution is -2.29. The highest BCUT2D eigenvalue weighted by Gasteiger charge is 2.19. The lowest BCUT2D eigenvalue weighted by Gasteiger charge is -2.08. The first-order chi connectivity index (χ1) is 11.1. The molecule has 0 saturated carbocycles. The Morgan fingerprint density at radius 1 is 1.30 bits per heavy atom. The second-order valence-corrected chi connectivity index (χ2v) is 5.81. The standard InChI is InChI=1S/C16H12BrN3O3/c17-10-4-1-3-9(7-10)8-19-15(22)12-13(21)11-5-2-6-18-14(11)20-16(12)23/h1-7H,8H2,(H,19,22)(H2,18,20,21,23). The van der Waals surface area contributed by atoms with E-state index in [2.05, 4.69) is 31.2 Å². The minimum atomic E-state index is -0.680. The fourth-order valence-electron chi connectivity index (χ4n) is 2.24. The average Bonchev–Trinajstić information content (AvgIpc) is 2.53. The van der Waals surface area contributed by atoms with E-state index in [4.69, 9.17) is 0 Å². The molecule has 0 aliphatic heterocycles. The third-order valence-corrected chi connectivity index (χ3v) is 3.82. The molecule has 0 saturated heterocycles. The molecule has 0 unspecified atom stereocenters. The zero-order valence-corrected chi connectivity index (χ0v) is 13.4. The van der Waals surface area contributed by atoms with Crippen molar-refractivity contribution in [1.29, 1.82) is 0 Å². The molecule has 0 fully saturated rings. The summed E-state index contributed by atoms with van der Waals surface area (Å²) in [4.78, 5) is 30.7. The first-order valence-electron chi connectivity index (χ1n) is 6.79. The number of aromatic nitrogens is 2. The van der Waals surface area contributed by atoms with Gasteiger partial charge in [0.05, 0.1) is 5.39 Å². The Kier molecular flexibility index (Phi) is 4.12. The summed E-state index contributed by atoms with van der Waals surface area (Å²) in [5, 5.41) is 13.2. The summed E-state index contributed by atoms with van der Waals surface area (Å²) >= 11 is 3.35. The number of hydrogen-bond donors (Lipinski definition) is 3. The molecule has 23 heavy (non-hydrogen) atoms. The third-order valence-electron chi connectivity index (χ3n) is 3.33. The van der Waals surface area contributed by atoms with E-state index in [9.17, 15) is 14.7 Å². The molecule has 0 aliphatic carbocycles. The molecule has 3 aromatic rings. The van der Waals surface area contributed by atoms with Gasteiger partial charge in [0.2, 0.25) is 0 Å². The van der Waals surface area contributed by atoms with E-state index in [0.29, 0.717) is 5.39 Å². The minimum Gasteiger partial charge on any atom is -0.506 e. The summed E-state index contributed by atoms with van der Waals surface area (Å²) in [6, 6.07) is 10.6. The number of carbonyl (C=O) groups excluding carboxylic acids is 1. The van der Waals surface area contributed by atoms with Gasteiger partial charge in [0.25, 0.3) is 11.5 Å². The van der Waals surface area contributed by atoms with Crippen LogP contribution in [0.4, 0.5) is 0 Å². The Bertz CT molecular complexity index is 953. The van der Waals surface area contributed by atoms with Crippen molar-refractivity contribution >= 4 is 32.9 Å². The molecule has 6 nitrogen and oxygen atoms in total. The van der Waals surface area contributed by atoms with Crippen LogP contribution in [0.2, 0.25) is 0 Å². The van der Waals surface area contributed by atoms with E-state index in [1.807, 2.05) is 24.3 Å². The number of carbonyl (C=O) groups is 1. The van der Waals surface area contributed by atoms with Gasteiger partial charge in [-0.2, -0.15) is 0 Å². The third kappa shape index (κ3) is 3.09. The highest BCUT2D eigenvalue weighted by atomic mass is 79.9. The molecular formula is C16H12BrN3O3. The van der Waals surface area contributed by atoms with Gasteiger partial charge in [-0.1, -0.05) is 28.1 Å². The van der Waals surface area contributed by atoms with Gasteiger partial charge < -0.3 is 15.4 Å². The van der Waals surface area contributed by atoms with Gasteiger partial charge in [0, 0.05) is 17.2 Å². The number of benzene rings is 1. The lowest BCUT2D eigenvalue weighted by atomic mass is 10.1. The number of halogens is 1. The number of aromatic hydroxyl groups is 1. The fourth-order valence-corrected chi connectivity index (χ4v) is 2.68. The predicted octanol–water partition coefficient (Wildman–Crippen LogP) is 2.32. The van der Waals surface area contributed by atoms with Gasteiger partial charge in [-0.25, -0.2) is 4.98 Å². The Morgan fingerprint density at radius 3 is 2.91 bits per heavy atom. The monoisotopic (exact) mass is 373 g/mol. The second-order valence-electron chi connectivity index (χ2n) is 4.89. The zero-order valence-electron chi connectivity index (χ0n) is 11.8. The Balaban J connectivity index is 1.90. The largest absolute Gasteiger partial charge is 0.506 e. The molecule has 0 bridgehead atoms. The quantitative estimate of drug-likeness (QED) is 0.656. The Hall–Kier alpha value is -2.67. The Morgan fingerprint density at radius 2 is 2.13 bits per heavy atom. The predicted molar refractivity (Wildman–Crippen MR) is 89.3 cm³/mol. The maximum atomic E-state index is 12.3. The number of aromatic amines is 1. The molecule has 1 aromatic carbocycles. The summed E-state index contributed by atoms with van der Waals surface area (Å²) in [7, 11) is 0. The number of fused-ring (bicyclic) bond motifs is 1. The van der Waals surface area contributed by atoms with Crippen LogP contribution >= 0.6 is 15.9 Å². The topological polar surface area (TPSA) is 95.1 Å². The fraction of sp³-hybridized carbons (Fsp3) is 0.0625. The lowest BCUT2D eigenvalue weighted by molar-refractivity contribution is 0.0947. The maximum absolute atomic E-state index is 12.3. The highest BCUT2D eigenvalue weighted by molar-refractivity contribution is 9.10. The number of H-pyrrole nitrogens is 1. The summed E-state index contributed by atoms with van der Waals surface area (Å²) < 4.78 is 0.890. The van der Waals surface area contributed by atoms with Gasteiger partial charge in [-0.3, -0.25) is 9.59 Å². The Labute approximate surface area is 139 Å². The van der Waals surface area contributed by atoms with Crippen molar-refractivity contribution in [3.63, 3.8) is 0 Å². The number of amides is 1. The normalized spacial score (nSPS) is 10.7. The summed E-state index contributed by atoms with van der Waals surface area (Å²) in [6.45, 7) is 0.238. The van der Waals surface area contributed by atoms with Crippen molar-refractivity contribution in [2.75, 3.05) is 0 Å². The van der Waals surface area contributed by atoms with Crippen LogP contribution in [0.15, 0.2) is 51.9 Å². The minimum absolute atomic E-state index is 0.235. The van der Waals surface area contributed by atoms with Gasteiger partial charge in [0.15, 0.2) is 0 Å². The first kappa shape index (κ1) is 15.2. The smallest absolute Gasteiger partial charge is 0.266 e. The van der Waals surface area contributed by atoms with E-state index in [1.54, 1.807) is 12.1 Å². The van der Waals surface area contributed by atoms with Crippen LogP contribution in [0.1, 0.15) is 15.9 Å². The van der Waals surface area contributed by atoms with E-state index in [-0.39, 0.29) is 23.5 Å². The molecule has 0 aliphatic rings. The second kappa shape index (κ2) is 6.21. The van der Waals surface area contributed by atoms with Crippen molar-refractivity contribution in [3.8, 4) is 5.75 Å². The molecule has 7 heteroatoms. The molecular weight excluding hydrogens is 362 g/mol. The van der Waals surface area contributed by atoms with Crippen molar-refractivity contribution in [2.45, 2.75) is 6.54 Å². The van der Waals surface area contributed by atoms with E-state index in [0.717, 1.165) is 10.0 Å². The van der Waals surface area contributed by atoms with Crippen molar-refractivity contribution in [2.24, 2.45) is 0 Å². The van der Waals surface area contributed by atoms with Gasteiger partial charge in [0.1, 0.15) is 17.0 Å². The molecule has 2 heterocycles. The number of rotatable bonds is 3.